The van der Waals surface area contributed by atoms with Crippen LogP contribution in [0, 0.1) is 6.92 Å². The zero-order chi connectivity index (χ0) is 13.8. The summed E-state index contributed by atoms with van der Waals surface area (Å²) in [7, 11) is 1.39. The van der Waals surface area contributed by atoms with Crippen molar-refractivity contribution in [3.63, 3.8) is 0 Å². The number of H-pyrrole nitrogens is 1. The fraction of sp³-hybridized carbons (Fsp3) is 0.750. The molecule has 19 heavy (non-hydrogen) atoms. The van der Waals surface area contributed by atoms with Gasteiger partial charge < -0.3 is 9.47 Å². The van der Waals surface area contributed by atoms with Crippen molar-refractivity contribution in [2.45, 2.75) is 32.4 Å². The molecule has 106 valence electrons. The van der Waals surface area contributed by atoms with Crippen molar-refractivity contribution in [1.82, 2.24) is 20.1 Å². The van der Waals surface area contributed by atoms with Gasteiger partial charge in [-0.05, 0) is 13.8 Å². The number of hydrogen-bond acceptors (Lipinski definition) is 6. The van der Waals surface area contributed by atoms with Crippen LogP contribution >= 0.6 is 0 Å². The van der Waals surface area contributed by atoms with Crippen LogP contribution in [0.1, 0.15) is 31.0 Å². The van der Waals surface area contributed by atoms with E-state index in [-0.39, 0.29) is 24.5 Å². The number of methoxy groups -OCH3 is 1. The molecule has 0 aliphatic carbocycles. The zero-order valence-corrected chi connectivity index (χ0v) is 11.5. The molecule has 1 saturated heterocycles. The number of esters is 1. The van der Waals surface area contributed by atoms with Crippen molar-refractivity contribution >= 4 is 5.97 Å². The highest BCUT2D eigenvalue weighted by atomic mass is 16.5. The van der Waals surface area contributed by atoms with E-state index in [0.717, 1.165) is 18.2 Å². The highest BCUT2D eigenvalue weighted by Gasteiger charge is 2.28. The topological polar surface area (TPSA) is 80.3 Å². The second kappa shape index (κ2) is 6.12. The highest BCUT2D eigenvalue weighted by molar-refractivity contribution is 5.69. The predicted molar refractivity (Wildman–Crippen MR) is 67.5 cm³/mol. The molecule has 0 amide bonds. The molecule has 7 heteroatoms. The molecule has 0 unspecified atom stereocenters. The summed E-state index contributed by atoms with van der Waals surface area (Å²) >= 11 is 0. The van der Waals surface area contributed by atoms with Gasteiger partial charge in [-0.15, -0.1) is 0 Å². The third-order valence-electron chi connectivity index (χ3n) is 3.33. The van der Waals surface area contributed by atoms with E-state index in [0.29, 0.717) is 13.2 Å². The molecule has 0 bridgehead atoms. The molecular weight excluding hydrogens is 248 g/mol. The van der Waals surface area contributed by atoms with Crippen LogP contribution in [0.2, 0.25) is 0 Å². The molecule has 2 atom stereocenters. The Balaban J connectivity index is 1.95. The van der Waals surface area contributed by atoms with Crippen LogP contribution in [0.15, 0.2) is 0 Å². The summed E-state index contributed by atoms with van der Waals surface area (Å²) in [6, 6.07) is 0.106. The number of morpholine rings is 1. The number of nitrogens with one attached hydrogen (secondary N) is 1. The van der Waals surface area contributed by atoms with Crippen LogP contribution in [0.3, 0.4) is 0 Å². The first-order chi connectivity index (χ1) is 9.10. The van der Waals surface area contributed by atoms with Gasteiger partial charge in [-0.1, -0.05) is 0 Å². The van der Waals surface area contributed by atoms with Gasteiger partial charge in [0.15, 0.2) is 5.82 Å². The smallest absolute Gasteiger partial charge is 0.308 e. The van der Waals surface area contributed by atoms with Crippen LogP contribution < -0.4 is 0 Å². The highest BCUT2D eigenvalue weighted by Crippen LogP contribution is 2.20. The molecule has 0 saturated carbocycles. The Hall–Kier alpha value is -1.47. The Kier molecular flexibility index (Phi) is 4.49. The predicted octanol–water partition coefficient (Wildman–Crippen LogP) is 0.438. The molecule has 1 aromatic rings. The van der Waals surface area contributed by atoms with Gasteiger partial charge in [0.25, 0.3) is 0 Å². The molecule has 1 aromatic heterocycles. The van der Waals surface area contributed by atoms with E-state index in [1.54, 1.807) is 0 Å². The minimum absolute atomic E-state index is 0.106. The summed E-state index contributed by atoms with van der Waals surface area (Å²) < 4.78 is 10.3. The fourth-order valence-electron chi connectivity index (χ4n) is 2.20. The van der Waals surface area contributed by atoms with Crippen LogP contribution in [0.5, 0.6) is 0 Å². The lowest BCUT2D eigenvalue weighted by Crippen LogP contribution is -2.44. The van der Waals surface area contributed by atoms with Crippen molar-refractivity contribution in [2.24, 2.45) is 0 Å². The van der Waals surface area contributed by atoms with Crippen molar-refractivity contribution in [3.8, 4) is 0 Å². The number of nitrogens with zero attached hydrogens (tertiary/aromatic N) is 3. The second-order valence-corrected chi connectivity index (χ2v) is 4.72. The minimum Gasteiger partial charge on any atom is -0.469 e. The second-order valence-electron chi connectivity index (χ2n) is 4.72. The van der Waals surface area contributed by atoms with Crippen molar-refractivity contribution < 1.29 is 14.3 Å². The van der Waals surface area contributed by atoms with Crippen LogP contribution in [0.25, 0.3) is 0 Å². The molecule has 0 aromatic carbocycles. The standard InChI is InChI=1S/C12H20N4O3/c1-8(12-13-9(2)14-15-12)16-4-5-19-10(7-16)6-11(17)18-3/h8,10H,4-7H2,1-3H3,(H,13,14,15)/t8-,10-/m0/s1. The normalized spacial score (nSPS) is 22.2. The van der Waals surface area contributed by atoms with Gasteiger partial charge in [-0.25, -0.2) is 4.98 Å². The Morgan fingerprint density at radius 1 is 1.68 bits per heavy atom. The Labute approximate surface area is 112 Å². The van der Waals surface area contributed by atoms with Gasteiger partial charge in [0.2, 0.25) is 0 Å². The quantitative estimate of drug-likeness (QED) is 0.798. The zero-order valence-electron chi connectivity index (χ0n) is 11.5. The molecule has 2 rings (SSSR count). The molecule has 2 heterocycles. The first-order valence-corrected chi connectivity index (χ1v) is 6.41. The van der Waals surface area contributed by atoms with Gasteiger partial charge in [-0.3, -0.25) is 14.8 Å². The van der Waals surface area contributed by atoms with Gasteiger partial charge in [0, 0.05) is 13.1 Å². The summed E-state index contributed by atoms with van der Waals surface area (Å²) in [5.74, 6) is 1.34. The third kappa shape index (κ3) is 3.51. The molecule has 0 radical (unpaired) electrons. The monoisotopic (exact) mass is 268 g/mol. The Morgan fingerprint density at radius 2 is 2.47 bits per heavy atom. The van der Waals surface area contributed by atoms with Crippen LogP contribution in [-0.4, -0.2) is 59.0 Å². The summed E-state index contributed by atoms with van der Waals surface area (Å²) in [4.78, 5) is 17.8. The average molecular weight is 268 g/mol. The number of aromatic nitrogens is 3. The number of rotatable bonds is 4. The maximum Gasteiger partial charge on any atom is 0.308 e. The van der Waals surface area contributed by atoms with Crippen LogP contribution in [0.4, 0.5) is 0 Å². The number of aryl methyl sites for hydroxylation is 1. The van der Waals surface area contributed by atoms with Crippen molar-refractivity contribution in [2.75, 3.05) is 26.8 Å². The lowest BCUT2D eigenvalue weighted by molar-refractivity contribution is -0.146. The summed E-state index contributed by atoms with van der Waals surface area (Å²) in [5.41, 5.74) is 0. The van der Waals surface area contributed by atoms with Gasteiger partial charge in [-0.2, -0.15) is 5.10 Å². The van der Waals surface area contributed by atoms with E-state index in [2.05, 4.69) is 31.7 Å². The lowest BCUT2D eigenvalue weighted by Gasteiger charge is -2.35. The van der Waals surface area contributed by atoms with Crippen molar-refractivity contribution in [1.29, 1.82) is 0 Å². The van der Waals surface area contributed by atoms with Gasteiger partial charge >= 0.3 is 5.97 Å². The number of aromatic amines is 1. The molecule has 1 N–H and O–H groups in total. The van der Waals surface area contributed by atoms with Crippen molar-refractivity contribution in [3.05, 3.63) is 11.6 Å². The molecule has 1 aliphatic rings. The summed E-state index contributed by atoms with van der Waals surface area (Å²) in [5, 5.41) is 7.03. The third-order valence-corrected chi connectivity index (χ3v) is 3.33. The van der Waals surface area contributed by atoms with E-state index >= 15 is 0 Å². The van der Waals surface area contributed by atoms with E-state index in [4.69, 9.17) is 4.74 Å². The van der Waals surface area contributed by atoms with Crippen LogP contribution in [-0.2, 0) is 14.3 Å². The summed E-state index contributed by atoms with van der Waals surface area (Å²) in [6.45, 7) is 6.04. The first kappa shape index (κ1) is 14.0. The number of ether oxygens (including phenoxy) is 2. The number of carbonyl (C=O) groups is 1. The molecule has 0 spiro atoms. The number of hydrogen-bond donors (Lipinski definition) is 1. The lowest BCUT2D eigenvalue weighted by atomic mass is 10.1. The van der Waals surface area contributed by atoms with E-state index < -0.39 is 0 Å². The van der Waals surface area contributed by atoms with Gasteiger partial charge in [0.1, 0.15) is 5.82 Å². The molecule has 1 aliphatic heterocycles. The minimum atomic E-state index is -0.242. The van der Waals surface area contributed by atoms with E-state index in [9.17, 15) is 4.79 Å². The molecule has 7 nitrogen and oxygen atoms in total. The molecule has 1 fully saturated rings. The Bertz CT molecular complexity index is 434. The first-order valence-electron chi connectivity index (χ1n) is 6.41. The Morgan fingerprint density at radius 3 is 3.11 bits per heavy atom. The van der Waals surface area contributed by atoms with Gasteiger partial charge in [0.05, 0.1) is 32.3 Å². The fourth-order valence-corrected chi connectivity index (χ4v) is 2.20. The SMILES string of the molecule is COC(=O)C[C@H]1CN([C@@H](C)c2n[nH]c(C)n2)CCO1. The van der Waals surface area contributed by atoms with E-state index in [1.165, 1.54) is 7.11 Å². The maximum absolute atomic E-state index is 11.3. The van der Waals surface area contributed by atoms with E-state index in [1.807, 2.05) is 6.92 Å². The summed E-state index contributed by atoms with van der Waals surface area (Å²) in [6.07, 6.45) is 0.163. The largest absolute Gasteiger partial charge is 0.469 e. The molecular formula is C12H20N4O3. The number of carbonyl (C=O) groups excluding carboxylic acids is 1. The maximum atomic E-state index is 11.3. The average Bonchev–Trinajstić information content (AvgIpc) is 2.84.